The van der Waals surface area contributed by atoms with Gasteiger partial charge in [0.25, 0.3) is 0 Å². The number of carbonyl (C=O) groups excluding carboxylic acids is 2. The molecular weight excluding hydrogens is 475 g/mol. The number of benzene rings is 2. The molecule has 2 amide bonds. The average molecular weight is 502 g/mol. The molecule has 0 saturated heterocycles. The van der Waals surface area contributed by atoms with Crippen molar-refractivity contribution in [1.82, 2.24) is 10.2 Å². The highest BCUT2D eigenvalue weighted by molar-refractivity contribution is 7.99. The van der Waals surface area contributed by atoms with E-state index in [-0.39, 0.29) is 30.2 Å². The van der Waals surface area contributed by atoms with Gasteiger partial charge in [0.1, 0.15) is 6.04 Å². The molecule has 168 valence electrons. The van der Waals surface area contributed by atoms with Gasteiger partial charge in [-0.05, 0) is 49.6 Å². The molecular formula is C23H27Cl3N2O2S. The van der Waals surface area contributed by atoms with E-state index in [1.807, 2.05) is 45.0 Å². The first-order valence-electron chi connectivity index (χ1n) is 10.1. The van der Waals surface area contributed by atoms with Crippen molar-refractivity contribution in [3.8, 4) is 0 Å². The van der Waals surface area contributed by atoms with Gasteiger partial charge >= 0.3 is 0 Å². The van der Waals surface area contributed by atoms with Crippen LogP contribution in [0.3, 0.4) is 0 Å². The van der Waals surface area contributed by atoms with Crippen LogP contribution < -0.4 is 5.32 Å². The summed E-state index contributed by atoms with van der Waals surface area (Å²) in [7, 11) is 0. The van der Waals surface area contributed by atoms with Gasteiger partial charge in [0.15, 0.2) is 0 Å². The minimum Gasteiger partial charge on any atom is -0.352 e. The lowest BCUT2D eigenvalue weighted by atomic mass is 10.1. The zero-order chi connectivity index (χ0) is 23.0. The van der Waals surface area contributed by atoms with Gasteiger partial charge in [-0.15, -0.1) is 11.8 Å². The molecule has 0 bridgehead atoms. The minimum absolute atomic E-state index is 0.0137. The van der Waals surface area contributed by atoms with Crippen molar-refractivity contribution in [2.45, 2.75) is 51.6 Å². The largest absolute Gasteiger partial charge is 0.352 e. The second-order valence-corrected chi connectivity index (χ2v) is 9.67. The maximum absolute atomic E-state index is 13.2. The fraction of sp³-hybridized carbons (Fsp3) is 0.391. The molecule has 31 heavy (non-hydrogen) atoms. The fourth-order valence-corrected chi connectivity index (χ4v) is 4.74. The Morgan fingerprint density at radius 2 is 1.74 bits per heavy atom. The molecule has 0 aliphatic heterocycles. The Bertz CT molecular complexity index is 908. The zero-order valence-corrected chi connectivity index (χ0v) is 20.9. The van der Waals surface area contributed by atoms with Crippen LogP contribution in [-0.4, -0.2) is 34.6 Å². The lowest BCUT2D eigenvalue weighted by Crippen LogP contribution is -2.51. The summed E-state index contributed by atoms with van der Waals surface area (Å²) in [6.45, 7) is 5.97. The Morgan fingerprint density at radius 1 is 1.03 bits per heavy atom. The standard InChI is InChI=1S/C23H27Cl3N2O2S/c1-4-21(23(30)27-15(2)3)28(12-16-7-5-6-8-19(16)25)22(29)14-31-13-17-9-10-18(24)11-20(17)26/h5-11,15,21H,4,12-14H2,1-3H3,(H,27,30)/t21-/m1/s1. The summed E-state index contributed by atoms with van der Waals surface area (Å²) in [5.41, 5.74) is 1.71. The molecule has 1 atom stereocenters. The summed E-state index contributed by atoms with van der Waals surface area (Å²) in [5.74, 6) is 0.496. The first kappa shape index (κ1) is 25.9. The van der Waals surface area contributed by atoms with Crippen LogP contribution in [0.1, 0.15) is 38.3 Å². The van der Waals surface area contributed by atoms with E-state index in [2.05, 4.69) is 5.32 Å². The highest BCUT2D eigenvalue weighted by Gasteiger charge is 2.29. The van der Waals surface area contributed by atoms with Crippen molar-refractivity contribution in [2.24, 2.45) is 0 Å². The summed E-state index contributed by atoms with van der Waals surface area (Å²) >= 11 is 20.0. The Balaban J connectivity index is 2.16. The van der Waals surface area contributed by atoms with Crippen LogP contribution in [0.5, 0.6) is 0 Å². The van der Waals surface area contributed by atoms with Crippen molar-refractivity contribution in [2.75, 3.05) is 5.75 Å². The Labute approximate surface area is 203 Å². The third kappa shape index (κ3) is 7.90. The van der Waals surface area contributed by atoms with Crippen LogP contribution in [0.25, 0.3) is 0 Å². The molecule has 4 nitrogen and oxygen atoms in total. The molecule has 0 aromatic heterocycles. The summed E-state index contributed by atoms with van der Waals surface area (Å²) in [5, 5.41) is 4.64. The van der Waals surface area contributed by atoms with E-state index in [0.29, 0.717) is 27.2 Å². The van der Waals surface area contributed by atoms with Crippen molar-refractivity contribution in [3.63, 3.8) is 0 Å². The van der Waals surface area contributed by atoms with E-state index in [1.54, 1.807) is 23.1 Å². The number of hydrogen-bond acceptors (Lipinski definition) is 3. The van der Waals surface area contributed by atoms with Gasteiger partial charge in [0.05, 0.1) is 5.75 Å². The van der Waals surface area contributed by atoms with Gasteiger partial charge in [-0.3, -0.25) is 9.59 Å². The van der Waals surface area contributed by atoms with Crippen LogP contribution >= 0.6 is 46.6 Å². The Morgan fingerprint density at radius 3 is 2.35 bits per heavy atom. The highest BCUT2D eigenvalue weighted by atomic mass is 35.5. The van der Waals surface area contributed by atoms with Crippen LogP contribution in [0.15, 0.2) is 42.5 Å². The third-order valence-electron chi connectivity index (χ3n) is 4.61. The maximum atomic E-state index is 13.2. The first-order chi connectivity index (χ1) is 14.7. The SMILES string of the molecule is CC[C@H](C(=O)NC(C)C)N(Cc1ccccc1Cl)C(=O)CSCc1ccc(Cl)cc1Cl. The monoisotopic (exact) mass is 500 g/mol. The first-order valence-corrected chi connectivity index (χ1v) is 12.4. The number of carbonyl (C=O) groups is 2. The minimum atomic E-state index is -0.578. The molecule has 0 aliphatic rings. The number of nitrogens with zero attached hydrogens (tertiary/aromatic N) is 1. The molecule has 0 radical (unpaired) electrons. The van der Waals surface area contributed by atoms with Crippen molar-refractivity contribution >= 4 is 58.4 Å². The number of amides is 2. The average Bonchev–Trinajstić information content (AvgIpc) is 2.70. The van der Waals surface area contributed by atoms with Crippen molar-refractivity contribution < 1.29 is 9.59 Å². The zero-order valence-electron chi connectivity index (χ0n) is 17.8. The summed E-state index contributed by atoms with van der Waals surface area (Å²) < 4.78 is 0. The molecule has 1 N–H and O–H groups in total. The van der Waals surface area contributed by atoms with Crippen molar-refractivity contribution in [3.05, 3.63) is 68.7 Å². The van der Waals surface area contributed by atoms with Crippen LogP contribution in [-0.2, 0) is 21.9 Å². The van der Waals surface area contributed by atoms with Crippen LogP contribution in [0.4, 0.5) is 0 Å². The lowest BCUT2D eigenvalue weighted by Gasteiger charge is -2.31. The van der Waals surface area contributed by atoms with E-state index in [1.165, 1.54) is 11.8 Å². The summed E-state index contributed by atoms with van der Waals surface area (Å²) in [4.78, 5) is 27.6. The molecule has 0 aliphatic carbocycles. The van der Waals surface area contributed by atoms with E-state index in [9.17, 15) is 9.59 Å². The fourth-order valence-electron chi connectivity index (χ4n) is 3.08. The van der Waals surface area contributed by atoms with E-state index < -0.39 is 6.04 Å². The van der Waals surface area contributed by atoms with Gasteiger partial charge in [-0.25, -0.2) is 0 Å². The highest BCUT2D eigenvalue weighted by Crippen LogP contribution is 2.26. The number of thioether (sulfide) groups is 1. The Hall–Kier alpha value is -1.40. The van der Waals surface area contributed by atoms with E-state index >= 15 is 0 Å². The molecule has 8 heteroatoms. The molecule has 2 aromatic carbocycles. The molecule has 0 fully saturated rings. The Kier molecular flexibility index (Phi) is 10.5. The molecule has 2 aromatic rings. The smallest absolute Gasteiger partial charge is 0.243 e. The lowest BCUT2D eigenvalue weighted by molar-refractivity contribution is -0.139. The summed E-state index contributed by atoms with van der Waals surface area (Å²) in [6.07, 6.45) is 0.502. The maximum Gasteiger partial charge on any atom is 0.243 e. The molecule has 0 unspecified atom stereocenters. The van der Waals surface area contributed by atoms with Gasteiger partial charge in [0.2, 0.25) is 11.8 Å². The number of nitrogens with one attached hydrogen (secondary N) is 1. The topological polar surface area (TPSA) is 49.4 Å². The third-order valence-corrected chi connectivity index (χ3v) is 6.54. The second-order valence-electron chi connectivity index (χ2n) is 7.43. The molecule has 0 heterocycles. The quantitative estimate of drug-likeness (QED) is 0.421. The molecule has 0 spiro atoms. The number of halogens is 3. The van der Waals surface area contributed by atoms with E-state index in [4.69, 9.17) is 34.8 Å². The molecule has 0 saturated carbocycles. The van der Waals surface area contributed by atoms with E-state index in [0.717, 1.165) is 11.1 Å². The normalized spacial score (nSPS) is 12.0. The van der Waals surface area contributed by atoms with Crippen LogP contribution in [0, 0.1) is 0 Å². The number of hydrogen-bond donors (Lipinski definition) is 1. The van der Waals surface area contributed by atoms with Crippen LogP contribution in [0.2, 0.25) is 15.1 Å². The predicted molar refractivity (Wildman–Crippen MR) is 132 cm³/mol. The summed E-state index contributed by atoms with van der Waals surface area (Å²) in [6, 6.07) is 12.1. The van der Waals surface area contributed by atoms with Gasteiger partial charge in [-0.2, -0.15) is 0 Å². The number of rotatable bonds is 10. The molecule has 2 rings (SSSR count). The van der Waals surface area contributed by atoms with Crippen molar-refractivity contribution in [1.29, 1.82) is 0 Å². The predicted octanol–water partition coefficient (Wildman–Crippen LogP) is 6.21. The van der Waals surface area contributed by atoms with Gasteiger partial charge in [0, 0.05) is 33.4 Å². The van der Waals surface area contributed by atoms with Gasteiger partial charge < -0.3 is 10.2 Å². The second kappa shape index (κ2) is 12.6. The van der Waals surface area contributed by atoms with Gasteiger partial charge in [-0.1, -0.05) is 66.0 Å².